The van der Waals surface area contributed by atoms with Crippen molar-refractivity contribution < 1.29 is 18.0 Å². The van der Waals surface area contributed by atoms with E-state index in [4.69, 9.17) is 5.73 Å². The fourth-order valence-corrected chi connectivity index (χ4v) is 1.94. The van der Waals surface area contributed by atoms with Gasteiger partial charge in [0.2, 0.25) is 5.91 Å². The minimum absolute atomic E-state index is 0.0603. The number of nitrogens with two attached hydrogens (primary N) is 1. The Morgan fingerprint density at radius 2 is 1.81 bits per heavy atom. The highest BCUT2D eigenvalue weighted by molar-refractivity contribution is 5.76. The van der Waals surface area contributed by atoms with Crippen LogP contribution in [0.25, 0.3) is 0 Å². The number of amides is 1. The molecule has 1 amide bonds. The third kappa shape index (κ3) is 6.16. The summed E-state index contributed by atoms with van der Waals surface area (Å²) in [5.74, 6) is -0.122. The Morgan fingerprint density at radius 3 is 2.29 bits per heavy atom. The highest BCUT2D eigenvalue weighted by Gasteiger charge is 2.30. The number of carbonyl (C=O) groups excluding carboxylic acids is 1. The average molecular weight is 302 g/mol. The summed E-state index contributed by atoms with van der Waals surface area (Å²) in [5.41, 5.74) is 5.55. The van der Waals surface area contributed by atoms with Crippen LogP contribution in [0.1, 0.15) is 50.3 Å². The number of halogens is 3. The predicted octanol–water partition coefficient (Wildman–Crippen LogP) is 3.40. The smallest absolute Gasteiger partial charge is 0.350 e. The molecule has 2 atom stereocenters. The summed E-state index contributed by atoms with van der Waals surface area (Å²) < 4.78 is 37.4. The van der Waals surface area contributed by atoms with E-state index in [9.17, 15) is 18.0 Å². The van der Waals surface area contributed by atoms with E-state index in [1.54, 1.807) is 6.92 Å². The third-order valence-corrected chi connectivity index (χ3v) is 3.18. The molecule has 1 rings (SSSR count). The molecule has 0 saturated heterocycles. The van der Waals surface area contributed by atoms with Crippen molar-refractivity contribution in [1.82, 2.24) is 5.32 Å². The van der Waals surface area contributed by atoms with E-state index in [0.717, 1.165) is 18.6 Å². The van der Waals surface area contributed by atoms with Crippen molar-refractivity contribution in [2.45, 2.75) is 51.4 Å². The second kappa shape index (κ2) is 7.45. The van der Waals surface area contributed by atoms with E-state index in [-0.39, 0.29) is 18.0 Å². The van der Waals surface area contributed by atoms with Gasteiger partial charge in [-0.1, -0.05) is 12.1 Å². The first-order chi connectivity index (χ1) is 9.70. The third-order valence-electron chi connectivity index (χ3n) is 3.18. The molecule has 0 aliphatic rings. The minimum atomic E-state index is -4.34. The zero-order chi connectivity index (χ0) is 16.0. The van der Waals surface area contributed by atoms with E-state index in [0.29, 0.717) is 18.4 Å². The molecule has 2 unspecified atom stereocenters. The molecule has 21 heavy (non-hydrogen) atoms. The number of rotatable bonds is 6. The standard InChI is InChI=1S/C15H21F3N2O/c1-10(19)4-3-5-14(21)20-11(2)12-6-8-13(9-7-12)15(16,17)18/h6-11H,3-5,19H2,1-2H3,(H,20,21). The average Bonchev–Trinajstić information content (AvgIpc) is 2.37. The summed E-state index contributed by atoms with van der Waals surface area (Å²) in [6, 6.07) is 4.55. The van der Waals surface area contributed by atoms with E-state index >= 15 is 0 Å². The zero-order valence-corrected chi connectivity index (χ0v) is 12.2. The molecule has 3 nitrogen and oxygen atoms in total. The van der Waals surface area contributed by atoms with Crippen LogP contribution in [0.4, 0.5) is 13.2 Å². The van der Waals surface area contributed by atoms with E-state index in [1.807, 2.05) is 6.92 Å². The molecule has 118 valence electrons. The van der Waals surface area contributed by atoms with Gasteiger partial charge in [-0.15, -0.1) is 0 Å². The van der Waals surface area contributed by atoms with Crippen molar-refractivity contribution in [3.63, 3.8) is 0 Å². The molecule has 0 aromatic heterocycles. The number of benzene rings is 1. The largest absolute Gasteiger partial charge is 0.416 e. The summed E-state index contributed by atoms with van der Waals surface area (Å²) in [5, 5.41) is 2.77. The van der Waals surface area contributed by atoms with Crippen molar-refractivity contribution in [2.75, 3.05) is 0 Å². The molecule has 0 aliphatic carbocycles. The Morgan fingerprint density at radius 1 is 1.24 bits per heavy atom. The van der Waals surface area contributed by atoms with Gasteiger partial charge in [-0.3, -0.25) is 4.79 Å². The molecule has 0 heterocycles. The highest BCUT2D eigenvalue weighted by Crippen LogP contribution is 2.29. The van der Waals surface area contributed by atoms with Gasteiger partial charge in [0.1, 0.15) is 0 Å². The van der Waals surface area contributed by atoms with Crippen LogP contribution >= 0.6 is 0 Å². The monoisotopic (exact) mass is 302 g/mol. The van der Waals surface area contributed by atoms with Gasteiger partial charge in [0.25, 0.3) is 0 Å². The van der Waals surface area contributed by atoms with Crippen molar-refractivity contribution in [1.29, 1.82) is 0 Å². The quantitative estimate of drug-likeness (QED) is 0.846. The van der Waals surface area contributed by atoms with Crippen LogP contribution in [0.15, 0.2) is 24.3 Å². The maximum Gasteiger partial charge on any atom is 0.416 e. The fraction of sp³-hybridized carbons (Fsp3) is 0.533. The lowest BCUT2D eigenvalue weighted by Crippen LogP contribution is -2.27. The van der Waals surface area contributed by atoms with Crippen LogP contribution in [0.2, 0.25) is 0 Å². The second-order valence-corrected chi connectivity index (χ2v) is 5.28. The van der Waals surface area contributed by atoms with Gasteiger partial charge in [-0.2, -0.15) is 13.2 Å². The Balaban J connectivity index is 2.52. The number of hydrogen-bond acceptors (Lipinski definition) is 2. The van der Waals surface area contributed by atoms with E-state index < -0.39 is 11.7 Å². The summed E-state index contributed by atoms with van der Waals surface area (Å²) in [6.07, 6.45) is -2.51. The molecule has 3 N–H and O–H groups in total. The maximum atomic E-state index is 12.5. The van der Waals surface area contributed by atoms with Crippen LogP contribution < -0.4 is 11.1 Å². The fourth-order valence-electron chi connectivity index (χ4n) is 1.94. The molecular formula is C15H21F3N2O. The lowest BCUT2D eigenvalue weighted by molar-refractivity contribution is -0.137. The molecule has 0 fully saturated rings. The molecule has 0 bridgehead atoms. The minimum Gasteiger partial charge on any atom is -0.350 e. The zero-order valence-electron chi connectivity index (χ0n) is 12.2. The maximum absolute atomic E-state index is 12.5. The first-order valence-electron chi connectivity index (χ1n) is 6.92. The first-order valence-corrected chi connectivity index (χ1v) is 6.92. The van der Waals surface area contributed by atoms with Crippen LogP contribution in [-0.4, -0.2) is 11.9 Å². The molecule has 0 aliphatic heterocycles. The molecule has 0 spiro atoms. The lowest BCUT2D eigenvalue weighted by Gasteiger charge is -2.15. The summed E-state index contributed by atoms with van der Waals surface area (Å²) in [4.78, 5) is 11.7. The van der Waals surface area contributed by atoms with Crippen LogP contribution in [-0.2, 0) is 11.0 Å². The molecular weight excluding hydrogens is 281 g/mol. The Bertz CT molecular complexity index is 455. The number of alkyl halides is 3. The summed E-state index contributed by atoms with van der Waals surface area (Å²) in [7, 11) is 0. The Hall–Kier alpha value is -1.56. The highest BCUT2D eigenvalue weighted by atomic mass is 19.4. The van der Waals surface area contributed by atoms with Crippen LogP contribution in [0.3, 0.4) is 0 Å². The van der Waals surface area contributed by atoms with Crippen molar-refractivity contribution in [2.24, 2.45) is 5.73 Å². The SMILES string of the molecule is CC(N)CCCC(=O)NC(C)c1ccc(C(F)(F)F)cc1. The van der Waals surface area contributed by atoms with Gasteiger partial charge in [-0.05, 0) is 44.4 Å². The van der Waals surface area contributed by atoms with Gasteiger partial charge in [0.15, 0.2) is 0 Å². The molecule has 1 aromatic rings. The normalized spacial score (nSPS) is 14.6. The van der Waals surface area contributed by atoms with Crippen molar-refractivity contribution in [3.05, 3.63) is 35.4 Å². The van der Waals surface area contributed by atoms with Crippen molar-refractivity contribution in [3.8, 4) is 0 Å². The summed E-state index contributed by atoms with van der Waals surface area (Å²) in [6.45, 7) is 3.62. The molecule has 6 heteroatoms. The summed E-state index contributed by atoms with van der Waals surface area (Å²) >= 11 is 0. The Labute approximate surface area is 122 Å². The number of hydrogen-bond donors (Lipinski definition) is 2. The number of nitrogens with one attached hydrogen (secondary N) is 1. The molecule has 0 radical (unpaired) electrons. The predicted molar refractivity (Wildman–Crippen MR) is 75.5 cm³/mol. The van der Waals surface area contributed by atoms with Gasteiger partial charge in [0, 0.05) is 12.5 Å². The Kier molecular flexibility index (Phi) is 6.20. The second-order valence-electron chi connectivity index (χ2n) is 5.28. The first kappa shape index (κ1) is 17.5. The molecule has 0 saturated carbocycles. The molecule has 1 aromatic carbocycles. The van der Waals surface area contributed by atoms with Gasteiger partial charge < -0.3 is 11.1 Å². The van der Waals surface area contributed by atoms with Crippen LogP contribution in [0, 0.1) is 0 Å². The van der Waals surface area contributed by atoms with Crippen molar-refractivity contribution >= 4 is 5.91 Å². The number of carbonyl (C=O) groups is 1. The lowest BCUT2D eigenvalue weighted by atomic mass is 10.1. The van der Waals surface area contributed by atoms with Gasteiger partial charge in [-0.25, -0.2) is 0 Å². The van der Waals surface area contributed by atoms with E-state index in [1.165, 1.54) is 12.1 Å². The van der Waals surface area contributed by atoms with Crippen LogP contribution in [0.5, 0.6) is 0 Å². The van der Waals surface area contributed by atoms with E-state index in [2.05, 4.69) is 5.32 Å². The van der Waals surface area contributed by atoms with Gasteiger partial charge in [0.05, 0.1) is 11.6 Å². The topological polar surface area (TPSA) is 55.1 Å². The van der Waals surface area contributed by atoms with Gasteiger partial charge >= 0.3 is 6.18 Å².